The predicted molar refractivity (Wildman–Crippen MR) is 91.5 cm³/mol. The van der Waals surface area contributed by atoms with Gasteiger partial charge in [0, 0.05) is 43.6 Å². The fraction of sp³-hybridized carbons (Fsp3) is 0.529. The van der Waals surface area contributed by atoms with Crippen LogP contribution in [0.4, 0.5) is 4.79 Å². The summed E-state index contributed by atoms with van der Waals surface area (Å²) < 4.78 is 1.71. The number of nitrogens with zero attached hydrogens (tertiary/aromatic N) is 5. The number of carbonyl (C=O) groups excluding carboxylic acids is 2. The van der Waals surface area contributed by atoms with Gasteiger partial charge in [-0.1, -0.05) is 0 Å². The molecular formula is C17H22N6O2. The van der Waals surface area contributed by atoms with Gasteiger partial charge in [0.2, 0.25) is 0 Å². The van der Waals surface area contributed by atoms with Crippen molar-refractivity contribution in [2.45, 2.75) is 32.7 Å². The van der Waals surface area contributed by atoms with Gasteiger partial charge in [-0.3, -0.25) is 4.79 Å². The molecular weight excluding hydrogens is 320 g/mol. The van der Waals surface area contributed by atoms with E-state index in [-0.39, 0.29) is 18.0 Å². The van der Waals surface area contributed by atoms with Crippen LogP contribution in [0.3, 0.4) is 0 Å². The van der Waals surface area contributed by atoms with Gasteiger partial charge in [-0.25, -0.2) is 14.3 Å². The van der Waals surface area contributed by atoms with E-state index in [1.54, 1.807) is 10.7 Å². The van der Waals surface area contributed by atoms with Gasteiger partial charge < -0.3 is 15.1 Å². The Kier molecular flexibility index (Phi) is 3.82. The van der Waals surface area contributed by atoms with Crippen LogP contribution in [0.2, 0.25) is 0 Å². The van der Waals surface area contributed by atoms with Crippen LogP contribution in [0.25, 0.3) is 5.65 Å². The number of hydrogen-bond acceptors (Lipinski definition) is 4. The standard InChI is InChI=1S/C17H22N6O2/c1-11-9-12(2)23-15(20-11)14(10-19-23)16(24)21-6-3-13(4-7-21)22-8-5-18-17(22)25/h9-10,13H,3-8H2,1-2H3,(H,18,25). The zero-order valence-electron chi connectivity index (χ0n) is 14.5. The number of fused-ring (bicyclic) bond motifs is 1. The highest BCUT2D eigenvalue weighted by Crippen LogP contribution is 2.21. The summed E-state index contributed by atoms with van der Waals surface area (Å²) in [7, 11) is 0. The van der Waals surface area contributed by atoms with E-state index in [9.17, 15) is 9.59 Å². The number of aryl methyl sites for hydroxylation is 2. The van der Waals surface area contributed by atoms with Crippen LogP contribution >= 0.6 is 0 Å². The van der Waals surface area contributed by atoms with Crippen LogP contribution in [-0.2, 0) is 0 Å². The number of carbonyl (C=O) groups is 2. The van der Waals surface area contributed by atoms with Crippen molar-refractivity contribution in [1.29, 1.82) is 0 Å². The molecule has 2 fully saturated rings. The summed E-state index contributed by atoms with van der Waals surface area (Å²) in [5.41, 5.74) is 2.99. The van der Waals surface area contributed by atoms with Gasteiger partial charge in [0.25, 0.3) is 5.91 Å². The number of rotatable bonds is 2. The first kappa shape index (κ1) is 15.9. The zero-order chi connectivity index (χ0) is 17.6. The summed E-state index contributed by atoms with van der Waals surface area (Å²) in [6.45, 7) is 6.64. The Morgan fingerprint density at radius 1 is 1.24 bits per heavy atom. The summed E-state index contributed by atoms with van der Waals surface area (Å²) in [4.78, 5) is 33.0. The first-order valence-corrected chi connectivity index (χ1v) is 8.70. The molecule has 0 aliphatic carbocycles. The number of hydrogen-bond donors (Lipinski definition) is 1. The van der Waals surface area contributed by atoms with E-state index >= 15 is 0 Å². The molecule has 2 saturated heterocycles. The van der Waals surface area contributed by atoms with Crippen molar-refractivity contribution in [3.05, 3.63) is 29.2 Å². The second kappa shape index (κ2) is 6.02. The summed E-state index contributed by atoms with van der Waals surface area (Å²) in [5.74, 6) is -0.0307. The average Bonchev–Trinajstić information content (AvgIpc) is 3.21. The van der Waals surface area contributed by atoms with Gasteiger partial charge >= 0.3 is 6.03 Å². The first-order valence-electron chi connectivity index (χ1n) is 8.70. The van der Waals surface area contributed by atoms with E-state index in [2.05, 4.69) is 15.4 Å². The zero-order valence-corrected chi connectivity index (χ0v) is 14.5. The molecule has 2 aliphatic rings. The van der Waals surface area contributed by atoms with Gasteiger partial charge in [-0.05, 0) is 32.8 Å². The van der Waals surface area contributed by atoms with E-state index in [1.165, 1.54) is 0 Å². The van der Waals surface area contributed by atoms with Crippen LogP contribution in [0.15, 0.2) is 12.3 Å². The Bertz CT molecular complexity index is 837. The van der Waals surface area contributed by atoms with Crippen LogP contribution in [-0.4, -0.2) is 68.6 Å². The van der Waals surface area contributed by atoms with Crippen molar-refractivity contribution >= 4 is 17.6 Å². The van der Waals surface area contributed by atoms with Crippen LogP contribution in [0.5, 0.6) is 0 Å². The van der Waals surface area contributed by atoms with Crippen LogP contribution in [0, 0.1) is 13.8 Å². The second-order valence-electron chi connectivity index (χ2n) is 6.78. The highest BCUT2D eigenvalue weighted by molar-refractivity contribution is 5.99. The third-order valence-electron chi connectivity index (χ3n) is 5.09. The van der Waals surface area contributed by atoms with Gasteiger partial charge in [0.15, 0.2) is 5.65 Å². The van der Waals surface area contributed by atoms with E-state index in [1.807, 2.05) is 29.7 Å². The maximum Gasteiger partial charge on any atom is 0.317 e. The van der Waals surface area contributed by atoms with E-state index in [4.69, 9.17) is 0 Å². The number of piperidine rings is 1. The molecule has 132 valence electrons. The topological polar surface area (TPSA) is 82.8 Å². The van der Waals surface area contributed by atoms with E-state index in [0.717, 1.165) is 30.8 Å². The Balaban J connectivity index is 1.50. The maximum absolute atomic E-state index is 12.9. The van der Waals surface area contributed by atoms with Crippen LogP contribution < -0.4 is 5.32 Å². The van der Waals surface area contributed by atoms with E-state index < -0.39 is 0 Å². The normalized spacial score (nSPS) is 18.9. The number of amides is 3. The molecule has 0 aromatic carbocycles. The lowest BCUT2D eigenvalue weighted by molar-refractivity contribution is 0.0668. The Morgan fingerprint density at radius 2 is 2.00 bits per heavy atom. The molecule has 2 aromatic heterocycles. The predicted octanol–water partition coefficient (Wildman–Crippen LogP) is 0.976. The fourth-order valence-corrected chi connectivity index (χ4v) is 3.81. The van der Waals surface area contributed by atoms with Gasteiger partial charge in [0.05, 0.1) is 6.20 Å². The molecule has 4 rings (SSSR count). The van der Waals surface area contributed by atoms with Crippen molar-refractivity contribution in [3.63, 3.8) is 0 Å². The molecule has 8 nitrogen and oxygen atoms in total. The molecule has 3 amide bonds. The van der Waals surface area contributed by atoms with Gasteiger partial charge in [-0.2, -0.15) is 5.10 Å². The SMILES string of the molecule is Cc1cc(C)n2ncc(C(=O)N3CCC(N4CCNC4=O)CC3)c2n1. The second-order valence-corrected chi connectivity index (χ2v) is 6.78. The molecule has 0 spiro atoms. The lowest BCUT2D eigenvalue weighted by Crippen LogP contribution is -2.47. The van der Waals surface area contributed by atoms with Gasteiger partial charge in [-0.15, -0.1) is 0 Å². The number of urea groups is 1. The summed E-state index contributed by atoms with van der Waals surface area (Å²) >= 11 is 0. The molecule has 8 heteroatoms. The lowest BCUT2D eigenvalue weighted by atomic mass is 10.0. The number of likely N-dealkylation sites (tertiary alicyclic amines) is 1. The molecule has 4 heterocycles. The molecule has 2 aromatic rings. The Labute approximate surface area is 145 Å². The average molecular weight is 342 g/mol. The lowest BCUT2D eigenvalue weighted by Gasteiger charge is -2.36. The highest BCUT2D eigenvalue weighted by Gasteiger charge is 2.32. The molecule has 1 N–H and O–H groups in total. The molecule has 0 atom stereocenters. The van der Waals surface area contributed by atoms with Crippen molar-refractivity contribution in [1.82, 2.24) is 29.7 Å². The Hall–Kier alpha value is -2.64. The minimum atomic E-state index is -0.0307. The fourth-order valence-electron chi connectivity index (χ4n) is 3.81. The van der Waals surface area contributed by atoms with Crippen molar-refractivity contribution in [2.24, 2.45) is 0 Å². The summed E-state index contributed by atoms with van der Waals surface area (Å²) in [6.07, 6.45) is 3.23. The summed E-state index contributed by atoms with van der Waals surface area (Å²) in [5, 5.41) is 7.15. The number of nitrogens with one attached hydrogen (secondary N) is 1. The third-order valence-corrected chi connectivity index (χ3v) is 5.09. The number of aromatic nitrogens is 3. The molecule has 0 bridgehead atoms. The van der Waals surface area contributed by atoms with Gasteiger partial charge in [0.1, 0.15) is 5.56 Å². The van der Waals surface area contributed by atoms with E-state index in [0.29, 0.717) is 30.8 Å². The van der Waals surface area contributed by atoms with Crippen molar-refractivity contribution < 1.29 is 9.59 Å². The monoisotopic (exact) mass is 342 g/mol. The molecule has 2 aliphatic heterocycles. The first-order chi connectivity index (χ1) is 12.0. The molecule has 0 unspecified atom stereocenters. The van der Waals surface area contributed by atoms with Crippen molar-refractivity contribution in [2.75, 3.05) is 26.2 Å². The maximum atomic E-state index is 12.9. The van der Waals surface area contributed by atoms with Crippen molar-refractivity contribution in [3.8, 4) is 0 Å². The largest absolute Gasteiger partial charge is 0.338 e. The highest BCUT2D eigenvalue weighted by atomic mass is 16.2. The smallest absolute Gasteiger partial charge is 0.317 e. The third kappa shape index (κ3) is 2.71. The quantitative estimate of drug-likeness (QED) is 0.882. The van der Waals surface area contributed by atoms with Crippen LogP contribution in [0.1, 0.15) is 34.6 Å². The minimum Gasteiger partial charge on any atom is -0.338 e. The molecule has 0 radical (unpaired) electrons. The minimum absolute atomic E-state index is 0.0163. The molecule has 0 saturated carbocycles. The summed E-state index contributed by atoms with van der Waals surface area (Å²) in [6, 6.07) is 2.18. The Morgan fingerprint density at radius 3 is 2.68 bits per heavy atom. The molecule has 25 heavy (non-hydrogen) atoms.